The summed E-state index contributed by atoms with van der Waals surface area (Å²) in [5.41, 5.74) is 7.27. The number of nitrogen functional groups attached to an aromatic ring is 1. The highest BCUT2D eigenvalue weighted by Gasteiger charge is 2.30. The van der Waals surface area contributed by atoms with E-state index in [1.807, 2.05) is 29.2 Å². The molecule has 104 valence electrons. The van der Waals surface area contributed by atoms with E-state index >= 15 is 0 Å². The van der Waals surface area contributed by atoms with Crippen molar-refractivity contribution in [2.24, 2.45) is 11.8 Å². The molecule has 2 unspecified atom stereocenters. The molecule has 1 fully saturated rings. The molecule has 4 nitrogen and oxygen atoms in total. The fraction of sp³-hybridized carbons (Fsp3) is 0.375. The predicted molar refractivity (Wildman–Crippen MR) is 80.4 cm³/mol. The molecule has 2 aromatic rings. The molecule has 2 heterocycles. The van der Waals surface area contributed by atoms with Crippen molar-refractivity contribution < 1.29 is 4.79 Å². The van der Waals surface area contributed by atoms with Gasteiger partial charge in [-0.3, -0.25) is 4.79 Å². The number of hydrogen-bond donors (Lipinski definition) is 1. The first-order valence-corrected chi connectivity index (χ1v) is 7.01. The van der Waals surface area contributed by atoms with Gasteiger partial charge in [-0.1, -0.05) is 32.0 Å². The summed E-state index contributed by atoms with van der Waals surface area (Å²) in [5.74, 6) is 1.55. The van der Waals surface area contributed by atoms with Crippen LogP contribution in [0.3, 0.4) is 0 Å². The number of nitrogens with zero attached hydrogens (tertiary/aromatic N) is 2. The van der Waals surface area contributed by atoms with Gasteiger partial charge in [0.25, 0.3) is 5.91 Å². The molecule has 1 aliphatic rings. The van der Waals surface area contributed by atoms with Gasteiger partial charge in [-0.2, -0.15) is 0 Å². The molecule has 1 aromatic carbocycles. The van der Waals surface area contributed by atoms with E-state index in [0.717, 1.165) is 24.0 Å². The largest absolute Gasteiger partial charge is 0.384 e. The lowest BCUT2D eigenvalue weighted by Gasteiger charge is -2.17. The van der Waals surface area contributed by atoms with Gasteiger partial charge in [-0.05, 0) is 24.0 Å². The molecule has 4 heteroatoms. The minimum atomic E-state index is 0.0616. The monoisotopic (exact) mass is 269 g/mol. The molecular formula is C16H19N3O. The van der Waals surface area contributed by atoms with E-state index < -0.39 is 0 Å². The van der Waals surface area contributed by atoms with Gasteiger partial charge in [0.1, 0.15) is 5.82 Å². The molecule has 0 aliphatic carbocycles. The molecule has 20 heavy (non-hydrogen) atoms. The number of carbonyl (C=O) groups excluding carboxylic acids is 1. The predicted octanol–water partition coefficient (Wildman–Crippen LogP) is 2.55. The number of carbonyl (C=O) groups is 1. The van der Waals surface area contributed by atoms with Crippen LogP contribution in [-0.2, 0) is 0 Å². The highest BCUT2D eigenvalue weighted by molar-refractivity contribution is 6.07. The second-order valence-corrected chi connectivity index (χ2v) is 5.78. The quantitative estimate of drug-likeness (QED) is 0.865. The fourth-order valence-electron chi connectivity index (χ4n) is 2.84. The minimum Gasteiger partial charge on any atom is -0.384 e. The lowest BCUT2D eigenvalue weighted by Crippen LogP contribution is -2.29. The van der Waals surface area contributed by atoms with Crippen molar-refractivity contribution in [3.63, 3.8) is 0 Å². The second-order valence-electron chi connectivity index (χ2n) is 5.78. The number of rotatable bonds is 1. The number of benzene rings is 1. The molecule has 1 aromatic heterocycles. The van der Waals surface area contributed by atoms with Gasteiger partial charge < -0.3 is 10.6 Å². The van der Waals surface area contributed by atoms with Gasteiger partial charge in [-0.15, -0.1) is 0 Å². The Morgan fingerprint density at radius 2 is 1.90 bits per heavy atom. The van der Waals surface area contributed by atoms with Gasteiger partial charge in [-0.25, -0.2) is 4.98 Å². The van der Waals surface area contributed by atoms with Crippen molar-refractivity contribution >= 4 is 22.6 Å². The summed E-state index contributed by atoms with van der Waals surface area (Å²) in [6, 6.07) is 9.34. The Balaban J connectivity index is 2.04. The van der Waals surface area contributed by atoms with Crippen LogP contribution in [0.5, 0.6) is 0 Å². The zero-order valence-electron chi connectivity index (χ0n) is 11.8. The lowest BCUT2D eigenvalue weighted by atomic mass is 10.0. The molecular weight excluding hydrogens is 250 g/mol. The smallest absolute Gasteiger partial charge is 0.254 e. The van der Waals surface area contributed by atoms with Crippen molar-refractivity contribution in [2.75, 3.05) is 18.8 Å². The van der Waals surface area contributed by atoms with Crippen LogP contribution in [0.25, 0.3) is 10.9 Å². The molecule has 2 N–H and O–H groups in total. The SMILES string of the molecule is CC1CN(C(=O)c2cc(N)nc3ccccc23)CC1C. The standard InChI is InChI=1S/C16H19N3O/c1-10-8-19(9-11(10)2)16(20)13-7-15(17)18-14-6-4-3-5-12(13)14/h3-7,10-11H,8-9H2,1-2H3,(H2,17,18). The van der Waals surface area contributed by atoms with Crippen LogP contribution in [-0.4, -0.2) is 28.9 Å². The van der Waals surface area contributed by atoms with E-state index in [4.69, 9.17) is 5.73 Å². The van der Waals surface area contributed by atoms with Crippen LogP contribution in [0.2, 0.25) is 0 Å². The van der Waals surface area contributed by atoms with Crippen LogP contribution in [0.15, 0.2) is 30.3 Å². The second kappa shape index (κ2) is 4.78. The molecule has 0 saturated carbocycles. The Kier molecular flexibility index (Phi) is 3.08. The van der Waals surface area contributed by atoms with Crippen LogP contribution in [0.4, 0.5) is 5.82 Å². The molecule has 3 rings (SSSR count). The maximum atomic E-state index is 12.7. The highest BCUT2D eigenvalue weighted by atomic mass is 16.2. The minimum absolute atomic E-state index is 0.0616. The number of fused-ring (bicyclic) bond motifs is 1. The number of para-hydroxylation sites is 1. The number of likely N-dealkylation sites (tertiary alicyclic amines) is 1. The van der Waals surface area contributed by atoms with Gasteiger partial charge in [0.15, 0.2) is 0 Å². The van der Waals surface area contributed by atoms with E-state index in [2.05, 4.69) is 18.8 Å². The fourth-order valence-corrected chi connectivity index (χ4v) is 2.84. The average molecular weight is 269 g/mol. The first-order valence-electron chi connectivity index (χ1n) is 7.01. The number of nitrogens with two attached hydrogens (primary N) is 1. The van der Waals surface area contributed by atoms with Crippen LogP contribution >= 0.6 is 0 Å². The van der Waals surface area contributed by atoms with Crippen LogP contribution in [0, 0.1) is 11.8 Å². The maximum Gasteiger partial charge on any atom is 0.254 e. The molecule has 2 atom stereocenters. The van der Waals surface area contributed by atoms with Crippen LogP contribution in [0.1, 0.15) is 24.2 Å². The molecule has 0 radical (unpaired) electrons. The number of hydrogen-bond acceptors (Lipinski definition) is 3. The third-order valence-corrected chi connectivity index (χ3v) is 4.24. The summed E-state index contributed by atoms with van der Waals surface area (Å²) in [6.07, 6.45) is 0. The summed E-state index contributed by atoms with van der Waals surface area (Å²) >= 11 is 0. The van der Waals surface area contributed by atoms with Crippen molar-refractivity contribution in [3.8, 4) is 0 Å². The summed E-state index contributed by atoms with van der Waals surface area (Å²) in [6.45, 7) is 6.01. The summed E-state index contributed by atoms with van der Waals surface area (Å²) in [5, 5.41) is 0.874. The van der Waals surface area contributed by atoms with Gasteiger partial charge in [0.05, 0.1) is 11.1 Å². The van der Waals surface area contributed by atoms with Crippen molar-refractivity contribution in [3.05, 3.63) is 35.9 Å². The van der Waals surface area contributed by atoms with Gasteiger partial charge in [0.2, 0.25) is 0 Å². The molecule has 1 aliphatic heterocycles. The molecule has 0 spiro atoms. The van der Waals surface area contributed by atoms with Crippen LogP contribution < -0.4 is 5.73 Å². The topological polar surface area (TPSA) is 59.2 Å². The van der Waals surface area contributed by atoms with E-state index in [-0.39, 0.29) is 5.91 Å². The van der Waals surface area contributed by atoms with Crippen molar-refractivity contribution in [2.45, 2.75) is 13.8 Å². The Morgan fingerprint density at radius 1 is 1.25 bits per heavy atom. The van der Waals surface area contributed by atoms with Crippen molar-refractivity contribution in [1.29, 1.82) is 0 Å². The Hall–Kier alpha value is -2.10. The number of anilines is 1. The van der Waals surface area contributed by atoms with E-state index in [1.54, 1.807) is 6.07 Å². The van der Waals surface area contributed by atoms with Gasteiger partial charge >= 0.3 is 0 Å². The average Bonchev–Trinajstić information content (AvgIpc) is 2.77. The number of aromatic nitrogens is 1. The normalized spacial score (nSPS) is 22.4. The van der Waals surface area contributed by atoms with Crippen molar-refractivity contribution in [1.82, 2.24) is 9.88 Å². The number of pyridine rings is 1. The summed E-state index contributed by atoms with van der Waals surface area (Å²) < 4.78 is 0. The highest BCUT2D eigenvalue weighted by Crippen LogP contribution is 2.26. The van der Waals surface area contributed by atoms with E-state index in [1.165, 1.54) is 0 Å². The number of amides is 1. The first-order chi connectivity index (χ1) is 9.56. The summed E-state index contributed by atoms with van der Waals surface area (Å²) in [7, 11) is 0. The third-order valence-electron chi connectivity index (χ3n) is 4.24. The third kappa shape index (κ3) is 2.11. The molecule has 1 amide bonds. The lowest BCUT2D eigenvalue weighted by molar-refractivity contribution is 0.0787. The Morgan fingerprint density at radius 3 is 2.60 bits per heavy atom. The zero-order chi connectivity index (χ0) is 14.3. The first kappa shape index (κ1) is 12.9. The summed E-state index contributed by atoms with van der Waals surface area (Å²) in [4.78, 5) is 19.0. The van der Waals surface area contributed by atoms with E-state index in [0.29, 0.717) is 23.2 Å². The Bertz CT molecular complexity index is 658. The molecule has 0 bridgehead atoms. The molecule has 1 saturated heterocycles. The zero-order valence-corrected chi connectivity index (χ0v) is 11.8. The van der Waals surface area contributed by atoms with Gasteiger partial charge in [0, 0.05) is 18.5 Å². The maximum absolute atomic E-state index is 12.7. The Labute approximate surface area is 118 Å². The van der Waals surface area contributed by atoms with E-state index in [9.17, 15) is 4.79 Å².